The summed E-state index contributed by atoms with van der Waals surface area (Å²) < 4.78 is 1.81. The third-order valence-corrected chi connectivity index (χ3v) is 4.63. The van der Waals surface area contributed by atoms with Crippen LogP contribution in [0.25, 0.3) is 5.69 Å². The summed E-state index contributed by atoms with van der Waals surface area (Å²) in [5, 5.41) is 8.35. The van der Waals surface area contributed by atoms with Crippen LogP contribution in [0, 0.1) is 6.92 Å². The summed E-state index contributed by atoms with van der Waals surface area (Å²) in [4.78, 5) is 12.3. The molecule has 1 aliphatic heterocycles. The number of rotatable bonds is 2. The first-order valence-corrected chi connectivity index (χ1v) is 8.21. The monoisotopic (exact) mass is 337 g/mol. The maximum atomic E-state index is 12.3. The highest BCUT2D eigenvalue weighted by Gasteiger charge is 2.32. The van der Waals surface area contributed by atoms with Crippen LogP contribution >= 0.6 is 11.6 Å². The zero-order chi connectivity index (χ0) is 16.7. The number of anilines is 1. The number of hydrogen-bond acceptors (Lipinski definition) is 2. The quantitative estimate of drug-likeness (QED) is 0.757. The second-order valence-electron chi connectivity index (χ2n) is 5.95. The highest BCUT2D eigenvalue weighted by atomic mass is 35.5. The molecule has 0 saturated heterocycles. The number of carbonyl (C=O) groups excluding carboxylic acids is 1. The lowest BCUT2D eigenvalue weighted by Crippen LogP contribution is -2.24. The van der Waals surface area contributed by atoms with E-state index in [2.05, 4.69) is 10.4 Å². The lowest BCUT2D eigenvalue weighted by molar-refractivity contribution is -0.116. The number of halogens is 1. The molecule has 0 radical (unpaired) electrons. The average Bonchev–Trinajstić information content (AvgIpc) is 2.92. The van der Waals surface area contributed by atoms with Gasteiger partial charge in [-0.1, -0.05) is 41.9 Å². The lowest BCUT2D eigenvalue weighted by atomic mass is 9.86. The molecule has 0 fully saturated rings. The summed E-state index contributed by atoms with van der Waals surface area (Å²) >= 11 is 6.00. The van der Waals surface area contributed by atoms with Gasteiger partial charge in [0.25, 0.3) is 0 Å². The molecule has 1 aliphatic rings. The van der Waals surface area contributed by atoms with Gasteiger partial charge in [-0.3, -0.25) is 4.79 Å². The third-order valence-electron chi connectivity index (χ3n) is 4.38. The van der Waals surface area contributed by atoms with Crippen LogP contribution in [0.2, 0.25) is 5.02 Å². The van der Waals surface area contributed by atoms with E-state index in [1.54, 1.807) is 0 Å². The maximum Gasteiger partial charge on any atom is 0.226 e. The van der Waals surface area contributed by atoms with Crippen LogP contribution in [0.3, 0.4) is 0 Å². The lowest BCUT2D eigenvalue weighted by Gasteiger charge is -2.24. The number of benzene rings is 2. The van der Waals surface area contributed by atoms with Gasteiger partial charge in [0.1, 0.15) is 5.82 Å². The van der Waals surface area contributed by atoms with Gasteiger partial charge in [0, 0.05) is 22.9 Å². The van der Waals surface area contributed by atoms with E-state index in [9.17, 15) is 4.79 Å². The zero-order valence-electron chi connectivity index (χ0n) is 13.2. The van der Waals surface area contributed by atoms with Gasteiger partial charge >= 0.3 is 0 Å². The van der Waals surface area contributed by atoms with E-state index < -0.39 is 0 Å². The van der Waals surface area contributed by atoms with Crippen LogP contribution in [0.15, 0.2) is 54.6 Å². The Kier molecular flexibility index (Phi) is 3.62. The molecule has 1 atom stereocenters. The first-order valence-electron chi connectivity index (χ1n) is 7.84. The number of hydrogen-bond donors (Lipinski definition) is 1. The average molecular weight is 338 g/mol. The van der Waals surface area contributed by atoms with E-state index in [-0.39, 0.29) is 11.8 Å². The van der Waals surface area contributed by atoms with E-state index in [0.717, 1.165) is 28.3 Å². The van der Waals surface area contributed by atoms with Crippen molar-refractivity contribution in [3.63, 3.8) is 0 Å². The highest BCUT2D eigenvalue weighted by Crippen LogP contribution is 2.40. The Morgan fingerprint density at radius 2 is 1.83 bits per heavy atom. The van der Waals surface area contributed by atoms with E-state index in [0.29, 0.717) is 11.4 Å². The Balaban J connectivity index is 1.87. The van der Waals surface area contributed by atoms with Crippen LogP contribution in [0.5, 0.6) is 0 Å². The van der Waals surface area contributed by atoms with Crippen LogP contribution in [-0.2, 0) is 4.79 Å². The standard InChI is InChI=1S/C19H16ClN3O/c1-12-18-16(13-7-9-14(20)10-8-13)11-17(24)21-19(18)23(22-12)15-5-3-2-4-6-15/h2-10,16H,11H2,1H3,(H,21,24)/t16-/m1/s1. The van der Waals surface area contributed by atoms with Gasteiger partial charge in [-0.2, -0.15) is 5.10 Å². The highest BCUT2D eigenvalue weighted by molar-refractivity contribution is 6.30. The molecule has 2 heterocycles. The number of aromatic nitrogens is 2. The molecule has 0 bridgehead atoms. The number of para-hydroxylation sites is 1. The van der Waals surface area contributed by atoms with Gasteiger partial charge in [0.2, 0.25) is 5.91 Å². The van der Waals surface area contributed by atoms with Gasteiger partial charge in [-0.25, -0.2) is 4.68 Å². The zero-order valence-corrected chi connectivity index (χ0v) is 13.9. The number of amides is 1. The molecule has 3 aromatic rings. The van der Waals surface area contributed by atoms with Crippen LogP contribution in [-0.4, -0.2) is 15.7 Å². The van der Waals surface area contributed by atoms with Crippen molar-refractivity contribution in [2.45, 2.75) is 19.3 Å². The van der Waals surface area contributed by atoms with Gasteiger partial charge in [-0.15, -0.1) is 0 Å². The van der Waals surface area contributed by atoms with Crippen molar-refractivity contribution in [3.8, 4) is 5.69 Å². The molecule has 4 nitrogen and oxygen atoms in total. The van der Waals surface area contributed by atoms with Gasteiger partial charge in [0.15, 0.2) is 0 Å². The fourth-order valence-electron chi connectivity index (χ4n) is 3.28. The molecule has 0 spiro atoms. The summed E-state index contributed by atoms with van der Waals surface area (Å²) in [6, 6.07) is 17.5. The summed E-state index contributed by atoms with van der Waals surface area (Å²) in [6.45, 7) is 1.98. The summed E-state index contributed by atoms with van der Waals surface area (Å²) in [5.74, 6) is 0.748. The molecule has 24 heavy (non-hydrogen) atoms. The molecule has 0 aliphatic carbocycles. The predicted octanol–water partition coefficient (Wildman–Crippen LogP) is 4.31. The number of aryl methyl sites for hydroxylation is 1. The minimum absolute atomic E-state index is 0.000434. The molecule has 1 N–H and O–H groups in total. The Morgan fingerprint density at radius 3 is 2.54 bits per heavy atom. The van der Waals surface area contributed by atoms with E-state index in [1.807, 2.05) is 66.2 Å². The molecule has 2 aromatic carbocycles. The van der Waals surface area contributed by atoms with Crippen molar-refractivity contribution in [1.29, 1.82) is 0 Å². The largest absolute Gasteiger partial charge is 0.310 e. The molecule has 0 saturated carbocycles. The molecule has 1 aromatic heterocycles. The molecule has 0 unspecified atom stereocenters. The smallest absolute Gasteiger partial charge is 0.226 e. The van der Waals surface area contributed by atoms with E-state index in [1.165, 1.54) is 0 Å². The Bertz CT molecular complexity index is 900. The number of fused-ring (bicyclic) bond motifs is 1. The Morgan fingerprint density at radius 1 is 1.12 bits per heavy atom. The molecular formula is C19H16ClN3O. The minimum Gasteiger partial charge on any atom is -0.310 e. The van der Waals surface area contributed by atoms with Crippen molar-refractivity contribution >= 4 is 23.3 Å². The SMILES string of the molecule is Cc1nn(-c2ccccc2)c2c1[C@@H](c1ccc(Cl)cc1)CC(=O)N2. The summed E-state index contributed by atoms with van der Waals surface area (Å²) in [6.07, 6.45) is 0.413. The second-order valence-corrected chi connectivity index (χ2v) is 6.39. The van der Waals surface area contributed by atoms with Crippen LogP contribution < -0.4 is 5.32 Å². The number of carbonyl (C=O) groups is 1. The van der Waals surface area contributed by atoms with Gasteiger partial charge in [-0.05, 0) is 36.8 Å². The van der Waals surface area contributed by atoms with Crippen molar-refractivity contribution < 1.29 is 4.79 Å². The first kappa shape index (κ1) is 15.0. The van der Waals surface area contributed by atoms with E-state index in [4.69, 9.17) is 11.6 Å². The number of nitrogens with one attached hydrogen (secondary N) is 1. The number of nitrogens with zero attached hydrogens (tertiary/aromatic N) is 2. The van der Waals surface area contributed by atoms with E-state index >= 15 is 0 Å². The first-order chi connectivity index (χ1) is 11.6. The molecule has 1 amide bonds. The fraction of sp³-hybridized carbons (Fsp3) is 0.158. The molecule has 4 rings (SSSR count). The summed E-state index contributed by atoms with van der Waals surface area (Å²) in [7, 11) is 0. The van der Waals surface area contributed by atoms with Crippen molar-refractivity contribution in [1.82, 2.24) is 9.78 Å². The van der Waals surface area contributed by atoms with Crippen molar-refractivity contribution in [3.05, 3.63) is 76.4 Å². The van der Waals surface area contributed by atoms with Gasteiger partial charge < -0.3 is 5.32 Å². The van der Waals surface area contributed by atoms with Crippen LogP contribution in [0.1, 0.15) is 29.2 Å². The van der Waals surface area contributed by atoms with Gasteiger partial charge in [0.05, 0.1) is 11.4 Å². The van der Waals surface area contributed by atoms with Crippen molar-refractivity contribution in [2.24, 2.45) is 0 Å². The Hall–Kier alpha value is -2.59. The fourth-order valence-corrected chi connectivity index (χ4v) is 3.41. The van der Waals surface area contributed by atoms with Crippen molar-refractivity contribution in [2.75, 3.05) is 5.32 Å². The molecule has 120 valence electrons. The Labute approximate surface area is 145 Å². The second kappa shape index (κ2) is 5.80. The topological polar surface area (TPSA) is 46.9 Å². The van der Waals surface area contributed by atoms with Crippen LogP contribution in [0.4, 0.5) is 5.82 Å². The maximum absolute atomic E-state index is 12.3. The summed E-state index contributed by atoms with van der Waals surface area (Å²) in [5.41, 5.74) is 4.00. The third kappa shape index (κ3) is 2.49. The predicted molar refractivity (Wildman–Crippen MR) is 94.8 cm³/mol. The molecule has 5 heteroatoms. The normalized spacial score (nSPS) is 16.6. The molecular weight excluding hydrogens is 322 g/mol. The minimum atomic E-state index is -0.0107.